The summed E-state index contributed by atoms with van der Waals surface area (Å²) in [5.41, 5.74) is 5.55. The van der Waals surface area contributed by atoms with Crippen LogP contribution >= 0.6 is 0 Å². The minimum absolute atomic E-state index is 0.0387. The Hall–Kier alpha value is -0.650. The van der Waals surface area contributed by atoms with Crippen molar-refractivity contribution in [1.82, 2.24) is 4.90 Å². The Morgan fingerprint density at radius 3 is 2.33 bits per heavy atom. The highest BCUT2D eigenvalue weighted by Gasteiger charge is 2.16. The molecule has 0 aromatic carbocycles. The van der Waals surface area contributed by atoms with Crippen molar-refractivity contribution < 1.29 is 14.3 Å². The first kappa shape index (κ1) is 14.3. The van der Waals surface area contributed by atoms with Crippen molar-refractivity contribution in [3.8, 4) is 0 Å². The molecular weight excluding hydrogens is 196 g/mol. The number of carbonyl (C=O) groups is 1. The number of rotatable bonds is 8. The van der Waals surface area contributed by atoms with Gasteiger partial charge in [-0.05, 0) is 13.3 Å². The van der Waals surface area contributed by atoms with Crippen LogP contribution in [-0.4, -0.2) is 57.4 Å². The van der Waals surface area contributed by atoms with Crippen LogP contribution in [-0.2, 0) is 14.3 Å². The summed E-state index contributed by atoms with van der Waals surface area (Å²) < 4.78 is 9.88. The molecule has 0 heterocycles. The van der Waals surface area contributed by atoms with Crippen molar-refractivity contribution in [1.29, 1.82) is 0 Å². The predicted octanol–water partition coefficient (Wildman–Crippen LogP) is -0.155. The van der Waals surface area contributed by atoms with Crippen LogP contribution in [0.15, 0.2) is 0 Å². The molecule has 0 spiro atoms. The topological polar surface area (TPSA) is 64.8 Å². The van der Waals surface area contributed by atoms with Crippen molar-refractivity contribution in [3.63, 3.8) is 0 Å². The lowest BCUT2D eigenvalue weighted by Crippen LogP contribution is -2.44. The molecule has 1 amide bonds. The van der Waals surface area contributed by atoms with Gasteiger partial charge in [-0.25, -0.2) is 0 Å². The van der Waals surface area contributed by atoms with Crippen molar-refractivity contribution in [3.05, 3.63) is 0 Å². The largest absolute Gasteiger partial charge is 0.385 e. The number of carbonyl (C=O) groups excluding carboxylic acids is 1. The van der Waals surface area contributed by atoms with Gasteiger partial charge in [-0.2, -0.15) is 0 Å². The summed E-state index contributed by atoms with van der Waals surface area (Å²) in [6.45, 7) is 4.12. The molecule has 90 valence electrons. The molecule has 5 nitrogen and oxygen atoms in total. The number of amides is 1. The number of methoxy groups -OCH3 is 2. The SMILES string of the molecule is COCCCN(CCOC)C(=O)C(C)N. The van der Waals surface area contributed by atoms with E-state index in [4.69, 9.17) is 15.2 Å². The Morgan fingerprint density at radius 1 is 1.27 bits per heavy atom. The number of nitrogens with zero attached hydrogens (tertiary/aromatic N) is 1. The smallest absolute Gasteiger partial charge is 0.239 e. The fourth-order valence-corrected chi connectivity index (χ4v) is 1.22. The van der Waals surface area contributed by atoms with Crippen LogP contribution < -0.4 is 5.73 Å². The Kier molecular flexibility index (Phi) is 8.27. The lowest BCUT2D eigenvalue weighted by molar-refractivity contribution is -0.133. The van der Waals surface area contributed by atoms with Gasteiger partial charge in [0.15, 0.2) is 0 Å². The van der Waals surface area contributed by atoms with Gasteiger partial charge < -0.3 is 20.1 Å². The molecule has 15 heavy (non-hydrogen) atoms. The molecule has 5 heteroatoms. The molecule has 0 fully saturated rings. The summed E-state index contributed by atoms with van der Waals surface area (Å²) in [4.78, 5) is 13.4. The molecule has 0 bridgehead atoms. The number of ether oxygens (including phenoxy) is 2. The van der Waals surface area contributed by atoms with Gasteiger partial charge in [-0.1, -0.05) is 0 Å². The monoisotopic (exact) mass is 218 g/mol. The van der Waals surface area contributed by atoms with Crippen LogP contribution in [0.4, 0.5) is 0 Å². The van der Waals surface area contributed by atoms with E-state index in [1.807, 2.05) is 0 Å². The average Bonchev–Trinajstić information content (AvgIpc) is 2.22. The molecule has 0 aromatic rings. The summed E-state index contributed by atoms with van der Waals surface area (Å²) in [7, 11) is 3.26. The molecule has 1 atom stereocenters. The minimum Gasteiger partial charge on any atom is -0.385 e. The van der Waals surface area contributed by atoms with Crippen molar-refractivity contribution in [2.75, 3.05) is 40.5 Å². The maximum absolute atomic E-state index is 11.6. The zero-order valence-electron chi connectivity index (χ0n) is 9.86. The van der Waals surface area contributed by atoms with E-state index in [2.05, 4.69) is 0 Å². The Morgan fingerprint density at radius 2 is 1.87 bits per heavy atom. The summed E-state index contributed by atoms with van der Waals surface area (Å²) >= 11 is 0. The van der Waals surface area contributed by atoms with Gasteiger partial charge in [0.1, 0.15) is 0 Å². The maximum atomic E-state index is 11.6. The highest BCUT2D eigenvalue weighted by Crippen LogP contribution is 1.96. The van der Waals surface area contributed by atoms with Crippen molar-refractivity contribution >= 4 is 5.91 Å². The van der Waals surface area contributed by atoms with E-state index in [-0.39, 0.29) is 5.91 Å². The summed E-state index contributed by atoms with van der Waals surface area (Å²) in [5.74, 6) is -0.0387. The molecule has 0 radical (unpaired) electrons. The van der Waals surface area contributed by atoms with Crippen molar-refractivity contribution in [2.24, 2.45) is 5.73 Å². The molecule has 0 saturated carbocycles. The standard InChI is InChI=1S/C10H22N2O3/c1-9(11)10(13)12(6-8-15-3)5-4-7-14-2/h9H,4-8,11H2,1-3H3. The van der Waals surface area contributed by atoms with Crippen molar-refractivity contribution in [2.45, 2.75) is 19.4 Å². The van der Waals surface area contributed by atoms with Crippen LogP contribution in [0.3, 0.4) is 0 Å². The highest BCUT2D eigenvalue weighted by molar-refractivity contribution is 5.81. The van der Waals surface area contributed by atoms with Crippen LogP contribution in [0.25, 0.3) is 0 Å². The number of nitrogens with two attached hydrogens (primary N) is 1. The zero-order chi connectivity index (χ0) is 11.7. The van der Waals surface area contributed by atoms with E-state index in [0.717, 1.165) is 6.42 Å². The number of hydrogen-bond acceptors (Lipinski definition) is 4. The third kappa shape index (κ3) is 6.43. The fraction of sp³-hybridized carbons (Fsp3) is 0.900. The normalized spacial score (nSPS) is 12.5. The Bertz CT molecular complexity index is 174. The molecule has 0 aliphatic rings. The Balaban J connectivity index is 3.99. The van der Waals surface area contributed by atoms with Gasteiger partial charge in [0.2, 0.25) is 5.91 Å². The second-order valence-electron chi connectivity index (χ2n) is 3.45. The van der Waals surface area contributed by atoms with E-state index >= 15 is 0 Å². The van der Waals surface area contributed by atoms with E-state index in [9.17, 15) is 4.79 Å². The van der Waals surface area contributed by atoms with Crippen LogP contribution in [0, 0.1) is 0 Å². The lowest BCUT2D eigenvalue weighted by Gasteiger charge is -2.23. The molecule has 2 N–H and O–H groups in total. The van der Waals surface area contributed by atoms with Gasteiger partial charge in [-0.15, -0.1) is 0 Å². The third-order valence-electron chi connectivity index (χ3n) is 2.04. The first-order valence-electron chi connectivity index (χ1n) is 5.15. The maximum Gasteiger partial charge on any atom is 0.239 e. The van der Waals surface area contributed by atoms with Gasteiger partial charge in [0.05, 0.1) is 12.6 Å². The lowest BCUT2D eigenvalue weighted by atomic mass is 10.3. The molecule has 0 aliphatic carbocycles. The minimum atomic E-state index is -0.454. The first-order valence-corrected chi connectivity index (χ1v) is 5.15. The van der Waals surface area contributed by atoms with Crippen LogP contribution in [0.1, 0.15) is 13.3 Å². The third-order valence-corrected chi connectivity index (χ3v) is 2.04. The van der Waals surface area contributed by atoms with Gasteiger partial charge in [-0.3, -0.25) is 4.79 Å². The second-order valence-corrected chi connectivity index (χ2v) is 3.45. The van der Waals surface area contributed by atoms with Crippen LogP contribution in [0.5, 0.6) is 0 Å². The van der Waals surface area contributed by atoms with E-state index in [1.54, 1.807) is 26.0 Å². The zero-order valence-corrected chi connectivity index (χ0v) is 9.86. The quantitative estimate of drug-likeness (QED) is 0.575. The first-order chi connectivity index (χ1) is 7.13. The molecule has 0 saturated heterocycles. The Labute approximate surface area is 91.5 Å². The second kappa shape index (κ2) is 8.64. The number of hydrogen-bond donors (Lipinski definition) is 1. The summed E-state index contributed by atoms with van der Waals surface area (Å²) in [5, 5.41) is 0. The van der Waals surface area contributed by atoms with Gasteiger partial charge in [0.25, 0.3) is 0 Å². The average molecular weight is 218 g/mol. The van der Waals surface area contributed by atoms with Gasteiger partial charge in [0, 0.05) is 33.9 Å². The summed E-state index contributed by atoms with van der Waals surface area (Å²) in [6.07, 6.45) is 0.818. The fourth-order valence-electron chi connectivity index (χ4n) is 1.22. The van der Waals surface area contributed by atoms with E-state index < -0.39 is 6.04 Å². The van der Waals surface area contributed by atoms with E-state index in [1.165, 1.54) is 0 Å². The van der Waals surface area contributed by atoms with Crippen LogP contribution in [0.2, 0.25) is 0 Å². The molecule has 1 unspecified atom stereocenters. The summed E-state index contributed by atoms with van der Waals surface area (Å²) in [6, 6.07) is -0.454. The molecule has 0 aliphatic heterocycles. The predicted molar refractivity (Wildman–Crippen MR) is 58.6 cm³/mol. The van der Waals surface area contributed by atoms with E-state index in [0.29, 0.717) is 26.3 Å². The molecule has 0 rings (SSSR count). The molecule has 0 aromatic heterocycles. The van der Waals surface area contributed by atoms with Gasteiger partial charge >= 0.3 is 0 Å². The molecular formula is C10H22N2O3. The highest BCUT2D eigenvalue weighted by atomic mass is 16.5.